The van der Waals surface area contributed by atoms with Crippen LogP contribution < -0.4 is 5.32 Å². The van der Waals surface area contributed by atoms with Crippen molar-refractivity contribution in [2.24, 2.45) is 0 Å². The maximum atomic E-state index is 12.4. The highest BCUT2D eigenvalue weighted by Gasteiger charge is 2.24. The van der Waals surface area contributed by atoms with Gasteiger partial charge in [0.05, 0.1) is 10.0 Å². The van der Waals surface area contributed by atoms with Crippen molar-refractivity contribution >= 4 is 35.0 Å². The highest BCUT2D eigenvalue weighted by molar-refractivity contribution is 6.42. The van der Waals surface area contributed by atoms with Crippen molar-refractivity contribution in [3.63, 3.8) is 0 Å². The summed E-state index contributed by atoms with van der Waals surface area (Å²) in [5, 5.41) is 3.69. The van der Waals surface area contributed by atoms with Gasteiger partial charge in [-0.2, -0.15) is 0 Å². The first-order chi connectivity index (χ1) is 10.5. The summed E-state index contributed by atoms with van der Waals surface area (Å²) < 4.78 is 4.78. The lowest BCUT2D eigenvalue weighted by atomic mass is 10.0. The largest absolute Gasteiger partial charge is 0.375 e. The normalized spacial score (nSPS) is 15.7. The first-order valence-electron chi connectivity index (χ1n) is 7.04. The number of carbonyl (C=O) groups is 2. The fourth-order valence-electron chi connectivity index (χ4n) is 2.44. The molecular formula is C15H18Cl2N2O3. The summed E-state index contributed by atoms with van der Waals surface area (Å²) in [6, 6.07) is 4.96. The lowest BCUT2D eigenvalue weighted by Crippen LogP contribution is -2.47. The zero-order valence-electron chi connectivity index (χ0n) is 12.3. The number of amides is 2. The van der Waals surface area contributed by atoms with Gasteiger partial charge in [-0.3, -0.25) is 9.59 Å². The third-order valence-corrected chi connectivity index (χ3v) is 4.33. The predicted octanol–water partition coefficient (Wildman–Crippen LogP) is 2.36. The quantitative estimate of drug-likeness (QED) is 0.911. The van der Waals surface area contributed by atoms with Crippen LogP contribution in [0.1, 0.15) is 23.2 Å². The van der Waals surface area contributed by atoms with E-state index in [0.717, 1.165) is 12.8 Å². The van der Waals surface area contributed by atoms with Crippen LogP contribution in [-0.4, -0.2) is 49.6 Å². The van der Waals surface area contributed by atoms with Crippen molar-refractivity contribution in [2.75, 3.05) is 26.8 Å². The molecular weight excluding hydrogens is 327 g/mol. The Labute approximate surface area is 139 Å². The molecule has 5 nitrogen and oxygen atoms in total. The molecule has 0 radical (unpaired) electrons. The Kier molecular flexibility index (Phi) is 6.06. The molecule has 0 spiro atoms. The van der Waals surface area contributed by atoms with Crippen LogP contribution in [0.4, 0.5) is 0 Å². The van der Waals surface area contributed by atoms with Crippen LogP contribution in [0.5, 0.6) is 0 Å². The molecule has 0 unspecified atom stereocenters. The first-order valence-corrected chi connectivity index (χ1v) is 7.79. The van der Waals surface area contributed by atoms with Gasteiger partial charge in [0.2, 0.25) is 5.91 Å². The van der Waals surface area contributed by atoms with Crippen LogP contribution in [-0.2, 0) is 9.53 Å². The first kappa shape index (κ1) is 17.1. The summed E-state index contributed by atoms with van der Waals surface area (Å²) in [6.45, 7) is 1.25. The molecule has 1 aromatic rings. The van der Waals surface area contributed by atoms with Gasteiger partial charge in [0, 0.05) is 31.8 Å². The molecule has 1 saturated heterocycles. The highest BCUT2D eigenvalue weighted by atomic mass is 35.5. The molecule has 1 N–H and O–H groups in total. The van der Waals surface area contributed by atoms with Crippen LogP contribution in [0, 0.1) is 0 Å². The Morgan fingerprint density at radius 3 is 2.55 bits per heavy atom. The minimum Gasteiger partial charge on any atom is -0.375 e. The minimum atomic E-state index is -0.128. The SMILES string of the molecule is COCC(=O)NC1CCN(C(=O)c2ccc(Cl)c(Cl)c2)CC1. The number of ether oxygens (including phenoxy) is 1. The Bertz CT molecular complexity index is 558. The van der Waals surface area contributed by atoms with E-state index in [-0.39, 0.29) is 24.5 Å². The van der Waals surface area contributed by atoms with E-state index in [0.29, 0.717) is 28.7 Å². The molecule has 1 aromatic carbocycles. The molecule has 1 heterocycles. The minimum absolute atomic E-state index is 0.0580. The third kappa shape index (κ3) is 4.35. The number of hydrogen-bond acceptors (Lipinski definition) is 3. The van der Waals surface area contributed by atoms with Crippen molar-refractivity contribution in [1.29, 1.82) is 0 Å². The molecule has 7 heteroatoms. The molecule has 0 aromatic heterocycles. The lowest BCUT2D eigenvalue weighted by Gasteiger charge is -2.32. The summed E-state index contributed by atoms with van der Waals surface area (Å²) in [7, 11) is 1.48. The van der Waals surface area contributed by atoms with E-state index in [4.69, 9.17) is 27.9 Å². The second-order valence-corrected chi connectivity index (χ2v) is 6.01. The van der Waals surface area contributed by atoms with Gasteiger partial charge in [-0.25, -0.2) is 0 Å². The topological polar surface area (TPSA) is 58.6 Å². The number of benzene rings is 1. The second-order valence-electron chi connectivity index (χ2n) is 5.20. The van der Waals surface area contributed by atoms with Crippen molar-refractivity contribution in [2.45, 2.75) is 18.9 Å². The number of rotatable bonds is 4. The van der Waals surface area contributed by atoms with Gasteiger partial charge < -0.3 is 15.0 Å². The lowest BCUT2D eigenvalue weighted by molar-refractivity contribution is -0.125. The summed E-state index contributed by atoms with van der Waals surface area (Å²) in [6.07, 6.45) is 1.45. The number of likely N-dealkylation sites (tertiary alicyclic amines) is 1. The van der Waals surface area contributed by atoms with Crippen LogP contribution in [0.2, 0.25) is 10.0 Å². The zero-order valence-corrected chi connectivity index (χ0v) is 13.8. The Morgan fingerprint density at radius 2 is 1.95 bits per heavy atom. The fourth-order valence-corrected chi connectivity index (χ4v) is 2.74. The van der Waals surface area contributed by atoms with Gasteiger partial charge in [0.15, 0.2) is 0 Å². The van der Waals surface area contributed by atoms with Crippen LogP contribution in [0.25, 0.3) is 0 Å². The number of piperidine rings is 1. The number of halogens is 2. The van der Waals surface area contributed by atoms with Crippen molar-refractivity contribution in [3.05, 3.63) is 33.8 Å². The molecule has 2 rings (SSSR count). The summed E-state index contributed by atoms with van der Waals surface area (Å²) in [5.74, 6) is -0.197. The fraction of sp³-hybridized carbons (Fsp3) is 0.467. The van der Waals surface area contributed by atoms with Gasteiger partial charge in [0.25, 0.3) is 5.91 Å². The van der Waals surface area contributed by atoms with Crippen molar-refractivity contribution in [1.82, 2.24) is 10.2 Å². The number of nitrogens with one attached hydrogen (secondary N) is 1. The number of nitrogens with zero attached hydrogens (tertiary/aromatic N) is 1. The molecule has 0 saturated carbocycles. The standard InChI is InChI=1S/C15H18Cl2N2O3/c1-22-9-14(20)18-11-4-6-19(7-5-11)15(21)10-2-3-12(16)13(17)8-10/h2-3,8,11H,4-7,9H2,1H3,(H,18,20). The monoisotopic (exact) mass is 344 g/mol. The molecule has 0 aliphatic carbocycles. The molecule has 0 bridgehead atoms. The van der Waals surface area contributed by atoms with Gasteiger partial charge in [0.1, 0.15) is 6.61 Å². The smallest absolute Gasteiger partial charge is 0.253 e. The van der Waals surface area contributed by atoms with E-state index >= 15 is 0 Å². The van der Waals surface area contributed by atoms with Crippen molar-refractivity contribution < 1.29 is 14.3 Å². The Morgan fingerprint density at radius 1 is 1.27 bits per heavy atom. The summed E-state index contributed by atoms with van der Waals surface area (Å²) >= 11 is 11.8. The average Bonchev–Trinajstić information content (AvgIpc) is 2.50. The molecule has 1 aliphatic heterocycles. The van der Waals surface area contributed by atoms with Crippen LogP contribution >= 0.6 is 23.2 Å². The van der Waals surface area contributed by atoms with E-state index in [1.165, 1.54) is 7.11 Å². The summed E-state index contributed by atoms with van der Waals surface area (Å²) in [5.41, 5.74) is 0.524. The van der Waals surface area contributed by atoms with E-state index in [1.54, 1.807) is 23.1 Å². The zero-order chi connectivity index (χ0) is 16.1. The molecule has 0 atom stereocenters. The summed E-state index contributed by atoms with van der Waals surface area (Å²) in [4.78, 5) is 25.6. The number of methoxy groups -OCH3 is 1. The van der Waals surface area contributed by atoms with E-state index < -0.39 is 0 Å². The second kappa shape index (κ2) is 7.81. The van der Waals surface area contributed by atoms with Gasteiger partial charge in [-0.15, -0.1) is 0 Å². The highest BCUT2D eigenvalue weighted by Crippen LogP contribution is 2.24. The van der Waals surface area contributed by atoms with Gasteiger partial charge >= 0.3 is 0 Å². The van der Waals surface area contributed by atoms with E-state index in [2.05, 4.69) is 5.32 Å². The third-order valence-electron chi connectivity index (χ3n) is 3.59. The van der Waals surface area contributed by atoms with Gasteiger partial charge in [-0.1, -0.05) is 23.2 Å². The molecule has 2 amide bonds. The maximum absolute atomic E-state index is 12.4. The van der Waals surface area contributed by atoms with Crippen LogP contribution in [0.3, 0.4) is 0 Å². The molecule has 1 fully saturated rings. The number of hydrogen-bond donors (Lipinski definition) is 1. The molecule has 1 aliphatic rings. The van der Waals surface area contributed by atoms with E-state index in [1.807, 2.05) is 0 Å². The van der Waals surface area contributed by atoms with Crippen LogP contribution in [0.15, 0.2) is 18.2 Å². The maximum Gasteiger partial charge on any atom is 0.253 e. The predicted molar refractivity (Wildman–Crippen MR) is 85.4 cm³/mol. The average molecular weight is 345 g/mol. The molecule has 22 heavy (non-hydrogen) atoms. The van der Waals surface area contributed by atoms with E-state index in [9.17, 15) is 9.59 Å². The molecule has 120 valence electrons. The van der Waals surface area contributed by atoms with Crippen molar-refractivity contribution in [3.8, 4) is 0 Å². The Hall–Kier alpha value is -1.30. The number of carbonyl (C=O) groups excluding carboxylic acids is 2. The van der Waals surface area contributed by atoms with Gasteiger partial charge in [-0.05, 0) is 31.0 Å². The Balaban J connectivity index is 1.89.